The van der Waals surface area contributed by atoms with Crippen molar-refractivity contribution in [2.24, 2.45) is 0 Å². The molecule has 0 bridgehead atoms. The molecule has 1 saturated heterocycles. The predicted molar refractivity (Wildman–Crippen MR) is 184 cm³/mol. The molecule has 1 aliphatic rings. The molecule has 2 heterocycles. The number of carbonyl (C=O) groups excluding carboxylic acids is 1. The number of nitrogens with one attached hydrogen (secondary N) is 3. The fourth-order valence-corrected chi connectivity index (χ4v) is 6.27. The van der Waals surface area contributed by atoms with Crippen molar-refractivity contribution in [3.63, 3.8) is 0 Å². The van der Waals surface area contributed by atoms with E-state index < -0.39 is 18.0 Å². The minimum atomic E-state index is -5.86. The van der Waals surface area contributed by atoms with Crippen molar-refractivity contribution in [3.05, 3.63) is 77.9 Å². The number of alkyl halides is 5. The van der Waals surface area contributed by atoms with Gasteiger partial charge in [-0.2, -0.15) is 31.6 Å². The average Bonchev–Trinajstić information content (AvgIpc) is 3.69. The second-order valence-electron chi connectivity index (χ2n) is 11.7. The number of amides is 1. The maximum Gasteiger partial charge on any atom is 0.499 e. The molecule has 1 amide bonds. The molecule has 1 aromatic heterocycles. The lowest BCUT2D eigenvalue weighted by molar-refractivity contribution is -0.360. The Balaban J connectivity index is 1.23. The van der Waals surface area contributed by atoms with Crippen LogP contribution in [-0.2, 0) is 16.1 Å². The number of benzene rings is 3. The minimum absolute atomic E-state index is 0.0438. The number of hydrogen-bond acceptors (Lipinski definition) is 10. The molecule has 0 radical (unpaired) electrons. The van der Waals surface area contributed by atoms with Gasteiger partial charge in [0.25, 0.3) is 0 Å². The average molecular weight is 736 g/mol. The number of carbonyl (C=O) groups is 1. The Hall–Kier alpha value is -4.45. The third kappa shape index (κ3) is 9.08. The van der Waals surface area contributed by atoms with Crippen LogP contribution in [0.5, 0.6) is 11.5 Å². The normalized spacial score (nSPS) is 15.1. The van der Waals surface area contributed by atoms with Crippen LogP contribution >= 0.6 is 11.8 Å². The standard InChI is InChI=1S/C34H38F5N7O4S/c1-21(2)27-14-13-26(49-4)17-28(27)45-29(47)20-51-30(45)19-42-41-18-22-5-7-23(8-6-22)31-43-32(40-15-16-48-3)46(44-31)24-9-11-25(12-10-24)50-34(38,39)33(35,36)37/h5-14,17,21,30,41-42H,15-16,18-20H2,1-4H3,(H,40,43,44). The maximum absolute atomic E-state index is 13.4. The molecule has 1 aliphatic heterocycles. The van der Waals surface area contributed by atoms with Gasteiger partial charge in [-0.05, 0) is 47.4 Å². The molecule has 0 spiro atoms. The Labute approximate surface area is 295 Å². The number of ether oxygens (including phenoxy) is 3. The summed E-state index contributed by atoms with van der Waals surface area (Å²) in [4.78, 5) is 19.4. The molecule has 17 heteroatoms. The molecule has 1 fully saturated rings. The van der Waals surface area contributed by atoms with E-state index in [-0.39, 0.29) is 17.2 Å². The van der Waals surface area contributed by atoms with E-state index in [9.17, 15) is 26.7 Å². The Morgan fingerprint density at radius 3 is 2.31 bits per heavy atom. The third-order valence-corrected chi connectivity index (χ3v) is 9.01. The number of methoxy groups -OCH3 is 2. The molecule has 3 N–H and O–H groups in total. The highest BCUT2D eigenvalue weighted by molar-refractivity contribution is 8.01. The van der Waals surface area contributed by atoms with Crippen molar-refractivity contribution >= 4 is 29.3 Å². The molecule has 274 valence electrons. The highest BCUT2D eigenvalue weighted by atomic mass is 32.2. The van der Waals surface area contributed by atoms with Crippen molar-refractivity contribution in [3.8, 4) is 28.6 Å². The van der Waals surface area contributed by atoms with E-state index in [0.717, 1.165) is 28.9 Å². The van der Waals surface area contributed by atoms with Crippen LogP contribution in [0, 0.1) is 0 Å². The van der Waals surface area contributed by atoms with E-state index >= 15 is 0 Å². The van der Waals surface area contributed by atoms with Gasteiger partial charge in [0.1, 0.15) is 11.5 Å². The topological polar surface area (TPSA) is 115 Å². The first-order valence-electron chi connectivity index (χ1n) is 15.9. The van der Waals surface area contributed by atoms with Gasteiger partial charge in [0.05, 0.1) is 36.2 Å². The maximum atomic E-state index is 13.4. The van der Waals surface area contributed by atoms with E-state index in [1.54, 1.807) is 18.9 Å². The first-order valence-corrected chi connectivity index (χ1v) is 17.0. The highest BCUT2D eigenvalue weighted by Gasteiger charge is 2.61. The van der Waals surface area contributed by atoms with Gasteiger partial charge in [-0.25, -0.2) is 0 Å². The fraction of sp³-hybridized carbons (Fsp3) is 0.382. The number of anilines is 2. The smallest absolute Gasteiger partial charge is 0.497 e. The number of rotatable bonds is 16. The van der Waals surface area contributed by atoms with Crippen molar-refractivity contribution in [2.45, 2.75) is 44.0 Å². The summed E-state index contributed by atoms with van der Waals surface area (Å²) in [5.74, 6) is 1.32. The van der Waals surface area contributed by atoms with Crippen molar-refractivity contribution < 1.29 is 41.0 Å². The minimum Gasteiger partial charge on any atom is -0.497 e. The summed E-state index contributed by atoms with van der Waals surface area (Å²) < 4.78 is 80.3. The van der Waals surface area contributed by atoms with E-state index in [2.05, 4.69) is 44.8 Å². The number of nitrogens with zero attached hydrogens (tertiary/aromatic N) is 4. The zero-order chi connectivity index (χ0) is 36.8. The molecule has 1 unspecified atom stereocenters. The molecule has 4 aromatic rings. The van der Waals surface area contributed by atoms with Crippen LogP contribution in [0.1, 0.15) is 30.9 Å². The van der Waals surface area contributed by atoms with Crippen LogP contribution in [0.4, 0.5) is 33.6 Å². The Bertz CT molecular complexity index is 1770. The van der Waals surface area contributed by atoms with Gasteiger partial charge >= 0.3 is 12.3 Å². The fourth-order valence-electron chi connectivity index (χ4n) is 5.21. The van der Waals surface area contributed by atoms with Crippen LogP contribution in [0.3, 0.4) is 0 Å². The molecule has 1 atom stereocenters. The SMILES string of the molecule is COCCNc1nc(-c2ccc(CNNCC3SCC(=O)N3c3cc(OC)ccc3C(C)C)cc2)nn1-c1ccc(OC(F)(F)C(F)(F)F)cc1. The Morgan fingerprint density at radius 1 is 0.961 bits per heavy atom. The first kappa shape index (κ1) is 37.8. The second-order valence-corrected chi connectivity index (χ2v) is 12.9. The number of thioether (sulfide) groups is 1. The van der Waals surface area contributed by atoms with Gasteiger partial charge in [-0.15, -0.1) is 16.9 Å². The Kier molecular flexibility index (Phi) is 12.1. The zero-order valence-electron chi connectivity index (χ0n) is 28.3. The quantitative estimate of drug-likeness (QED) is 0.0683. The molecule has 0 aliphatic carbocycles. The molecule has 3 aromatic carbocycles. The number of hydrogen-bond donors (Lipinski definition) is 3. The van der Waals surface area contributed by atoms with Crippen molar-refractivity contribution in [2.75, 3.05) is 49.9 Å². The number of aromatic nitrogens is 3. The lowest BCUT2D eigenvalue weighted by atomic mass is 10.00. The summed E-state index contributed by atoms with van der Waals surface area (Å²) in [7, 11) is 3.14. The summed E-state index contributed by atoms with van der Waals surface area (Å²) in [6.07, 6.45) is -11.2. The van der Waals surface area contributed by atoms with Crippen LogP contribution in [-0.4, -0.2) is 78.0 Å². The van der Waals surface area contributed by atoms with E-state index in [4.69, 9.17) is 9.47 Å². The van der Waals surface area contributed by atoms with Gasteiger partial charge in [0.15, 0.2) is 5.82 Å². The van der Waals surface area contributed by atoms with Crippen LogP contribution in [0.25, 0.3) is 17.1 Å². The monoisotopic (exact) mass is 735 g/mol. The Morgan fingerprint density at radius 2 is 1.67 bits per heavy atom. The van der Waals surface area contributed by atoms with Crippen LogP contribution in [0.15, 0.2) is 66.7 Å². The van der Waals surface area contributed by atoms with Crippen LogP contribution < -0.4 is 30.5 Å². The predicted octanol–water partition coefficient (Wildman–Crippen LogP) is 6.36. The van der Waals surface area contributed by atoms with Crippen molar-refractivity contribution in [1.29, 1.82) is 0 Å². The van der Waals surface area contributed by atoms with Gasteiger partial charge < -0.3 is 19.5 Å². The summed E-state index contributed by atoms with van der Waals surface area (Å²) in [6, 6.07) is 17.9. The van der Waals surface area contributed by atoms with E-state index in [1.807, 2.05) is 47.4 Å². The number of hydrazine groups is 1. The van der Waals surface area contributed by atoms with Gasteiger partial charge in [-0.1, -0.05) is 44.2 Å². The number of halogens is 5. The molecule has 0 saturated carbocycles. The van der Waals surface area contributed by atoms with Gasteiger partial charge in [0, 0.05) is 38.4 Å². The first-order chi connectivity index (χ1) is 24.3. The summed E-state index contributed by atoms with van der Waals surface area (Å²) in [6.45, 7) is 5.89. The summed E-state index contributed by atoms with van der Waals surface area (Å²) >= 11 is 1.57. The molecule has 11 nitrogen and oxygen atoms in total. The van der Waals surface area contributed by atoms with Gasteiger partial charge in [0.2, 0.25) is 11.9 Å². The third-order valence-electron chi connectivity index (χ3n) is 7.84. The lowest BCUT2D eigenvalue weighted by Crippen LogP contribution is -2.44. The summed E-state index contributed by atoms with van der Waals surface area (Å²) in [5.41, 5.74) is 10.4. The van der Waals surface area contributed by atoms with Gasteiger partial charge in [-0.3, -0.25) is 20.5 Å². The highest BCUT2D eigenvalue weighted by Crippen LogP contribution is 2.39. The van der Waals surface area contributed by atoms with Crippen molar-refractivity contribution in [1.82, 2.24) is 25.6 Å². The van der Waals surface area contributed by atoms with E-state index in [0.29, 0.717) is 60.8 Å². The van der Waals surface area contributed by atoms with Crippen LogP contribution in [0.2, 0.25) is 0 Å². The lowest BCUT2D eigenvalue weighted by Gasteiger charge is -2.28. The molecular formula is C34H38F5N7O4S. The molecule has 51 heavy (non-hydrogen) atoms. The largest absolute Gasteiger partial charge is 0.499 e. The zero-order valence-corrected chi connectivity index (χ0v) is 29.1. The molecular weight excluding hydrogens is 697 g/mol. The van der Waals surface area contributed by atoms with E-state index in [1.165, 1.54) is 23.9 Å². The summed E-state index contributed by atoms with van der Waals surface area (Å²) in [5, 5.41) is 7.52. The molecule has 5 rings (SSSR count). The second kappa shape index (κ2) is 16.3.